The molecular weight excluding hydrogens is 456 g/mol. The second-order valence-corrected chi connectivity index (χ2v) is 11.7. The number of aliphatic imine (C=N–C) groups is 1. The second-order valence-electron chi connectivity index (χ2n) is 11.7. The van der Waals surface area contributed by atoms with Crippen LogP contribution < -0.4 is 11.5 Å². The summed E-state index contributed by atoms with van der Waals surface area (Å²) >= 11 is 0. The van der Waals surface area contributed by atoms with Crippen LogP contribution in [0, 0.1) is 6.92 Å². The Morgan fingerprint density at radius 1 is 0.838 bits per heavy atom. The van der Waals surface area contributed by atoms with E-state index in [1.54, 1.807) is 0 Å². The fourth-order valence-corrected chi connectivity index (χ4v) is 5.26. The first-order valence-electron chi connectivity index (χ1n) is 13.1. The molecule has 4 N–H and O–H groups in total. The van der Waals surface area contributed by atoms with Gasteiger partial charge < -0.3 is 16.4 Å². The number of amides is 1. The van der Waals surface area contributed by atoms with Gasteiger partial charge in [-0.2, -0.15) is 0 Å². The lowest BCUT2D eigenvalue weighted by Crippen LogP contribution is -2.35. The molecule has 5 heteroatoms. The Kier molecular flexibility index (Phi) is 7.44. The van der Waals surface area contributed by atoms with Crippen LogP contribution in [-0.4, -0.2) is 16.8 Å². The fourth-order valence-electron chi connectivity index (χ4n) is 5.26. The van der Waals surface area contributed by atoms with E-state index in [0.717, 1.165) is 17.5 Å². The number of fused-ring (bicyclic) bond motifs is 1. The predicted octanol–water partition coefficient (Wildman–Crippen LogP) is 5.96. The highest BCUT2D eigenvalue weighted by Gasteiger charge is 2.37. The fraction of sp³-hybridized carbons (Fsp3) is 0.375. The van der Waals surface area contributed by atoms with Crippen LogP contribution in [-0.2, 0) is 30.5 Å². The van der Waals surface area contributed by atoms with Gasteiger partial charge in [0.05, 0.1) is 6.54 Å². The van der Waals surface area contributed by atoms with Crippen LogP contribution in [0.5, 0.6) is 0 Å². The largest absolute Gasteiger partial charge is 0.370 e. The quantitative estimate of drug-likeness (QED) is 0.313. The van der Waals surface area contributed by atoms with Crippen LogP contribution in [0.2, 0.25) is 0 Å². The number of guanidine groups is 1. The molecule has 0 atom stereocenters. The van der Waals surface area contributed by atoms with Gasteiger partial charge in [-0.1, -0.05) is 82.3 Å². The summed E-state index contributed by atoms with van der Waals surface area (Å²) < 4.78 is 0. The predicted molar refractivity (Wildman–Crippen MR) is 152 cm³/mol. The molecule has 4 rings (SSSR count). The molecule has 0 saturated heterocycles. The first-order chi connectivity index (χ1) is 17.5. The second kappa shape index (κ2) is 10.4. The van der Waals surface area contributed by atoms with E-state index in [2.05, 4.69) is 51.7 Å². The number of carbonyl (C=O) groups excluding carboxylic acids is 1. The Bertz CT molecular complexity index is 1290. The third-order valence-corrected chi connectivity index (χ3v) is 7.82. The minimum Gasteiger partial charge on any atom is -0.370 e. The molecule has 0 bridgehead atoms. The SMILES string of the molecule is Cc1cc2c(cc1CN(Cc1ccc(CN=C(N)N)cc1)C(=O)c1ccccc1)C(C)(C)CCC2(C)C. The monoisotopic (exact) mass is 496 g/mol. The van der Waals surface area contributed by atoms with Gasteiger partial charge in [-0.15, -0.1) is 0 Å². The van der Waals surface area contributed by atoms with Crippen molar-refractivity contribution >= 4 is 11.9 Å². The van der Waals surface area contributed by atoms with Crippen molar-refractivity contribution in [3.63, 3.8) is 0 Å². The Balaban J connectivity index is 1.67. The molecule has 0 radical (unpaired) electrons. The molecule has 0 fully saturated rings. The lowest BCUT2D eigenvalue weighted by atomic mass is 9.62. The first-order valence-corrected chi connectivity index (χ1v) is 13.1. The lowest BCUT2D eigenvalue weighted by molar-refractivity contribution is 0.0729. The standard InChI is InChI=1S/C32H40N4O/c1-22-17-27-28(32(4,5)16-15-31(27,2)3)18-26(22)21-36(29(37)25-9-7-6-8-10-25)20-24-13-11-23(12-14-24)19-35-30(33)34/h6-14,17-18H,15-16,19-21H2,1-5H3,(H4,33,34,35). The molecule has 0 heterocycles. The number of nitrogens with two attached hydrogens (primary N) is 2. The van der Waals surface area contributed by atoms with Crippen LogP contribution >= 0.6 is 0 Å². The molecule has 0 saturated carbocycles. The summed E-state index contributed by atoms with van der Waals surface area (Å²) in [6.45, 7) is 13.1. The Hall–Kier alpha value is -3.60. The van der Waals surface area contributed by atoms with Gasteiger partial charge >= 0.3 is 0 Å². The highest BCUT2D eigenvalue weighted by atomic mass is 16.2. The molecule has 37 heavy (non-hydrogen) atoms. The van der Waals surface area contributed by atoms with Gasteiger partial charge in [-0.05, 0) is 76.1 Å². The van der Waals surface area contributed by atoms with Crippen molar-refractivity contribution in [2.75, 3.05) is 0 Å². The number of carbonyl (C=O) groups is 1. The van der Waals surface area contributed by atoms with Crippen molar-refractivity contribution in [2.24, 2.45) is 16.5 Å². The van der Waals surface area contributed by atoms with Gasteiger partial charge in [0.1, 0.15) is 0 Å². The maximum atomic E-state index is 13.7. The van der Waals surface area contributed by atoms with E-state index >= 15 is 0 Å². The zero-order valence-corrected chi connectivity index (χ0v) is 22.8. The molecule has 1 amide bonds. The van der Waals surface area contributed by atoms with Gasteiger partial charge in [0.2, 0.25) is 0 Å². The molecule has 0 spiro atoms. The lowest BCUT2D eigenvalue weighted by Gasteiger charge is -2.42. The number of aryl methyl sites for hydroxylation is 1. The first kappa shape index (κ1) is 26.5. The van der Waals surface area contributed by atoms with Crippen LogP contribution in [0.3, 0.4) is 0 Å². The van der Waals surface area contributed by atoms with Crippen molar-refractivity contribution in [1.82, 2.24) is 4.90 Å². The topological polar surface area (TPSA) is 84.7 Å². The normalized spacial score (nSPS) is 15.5. The van der Waals surface area contributed by atoms with E-state index in [0.29, 0.717) is 25.2 Å². The average molecular weight is 497 g/mol. The summed E-state index contributed by atoms with van der Waals surface area (Å²) in [5, 5.41) is 0. The van der Waals surface area contributed by atoms with Gasteiger partial charge in [0.15, 0.2) is 5.96 Å². The third kappa shape index (κ3) is 6.04. The highest BCUT2D eigenvalue weighted by Crippen LogP contribution is 2.46. The number of nitrogens with zero attached hydrogens (tertiary/aromatic N) is 2. The summed E-state index contributed by atoms with van der Waals surface area (Å²) in [4.78, 5) is 19.7. The van der Waals surface area contributed by atoms with E-state index in [1.807, 2.05) is 59.5 Å². The van der Waals surface area contributed by atoms with Crippen molar-refractivity contribution in [2.45, 2.75) is 77.9 Å². The van der Waals surface area contributed by atoms with E-state index in [-0.39, 0.29) is 22.7 Å². The number of hydrogen-bond acceptors (Lipinski definition) is 2. The summed E-state index contributed by atoms with van der Waals surface area (Å²) in [6, 6.07) is 22.4. The molecule has 3 aromatic rings. The van der Waals surface area contributed by atoms with Gasteiger partial charge in [-0.3, -0.25) is 4.79 Å². The molecular formula is C32H40N4O. The van der Waals surface area contributed by atoms with Crippen molar-refractivity contribution in [1.29, 1.82) is 0 Å². The third-order valence-electron chi connectivity index (χ3n) is 7.82. The molecule has 0 unspecified atom stereocenters. The molecule has 5 nitrogen and oxygen atoms in total. The van der Waals surface area contributed by atoms with E-state index in [4.69, 9.17) is 11.5 Å². The van der Waals surface area contributed by atoms with Crippen molar-refractivity contribution in [3.05, 3.63) is 106 Å². The zero-order valence-electron chi connectivity index (χ0n) is 22.8. The summed E-state index contributed by atoms with van der Waals surface area (Å²) in [7, 11) is 0. The average Bonchev–Trinajstić information content (AvgIpc) is 2.87. The Morgan fingerprint density at radius 3 is 2.00 bits per heavy atom. The molecule has 194 valence electrons. The summed E-state index contributed by atoms with van der Waals surface area (Å²) in [6.07, 6.45) is 2.35. The van der Waals surface area contributed by atoms with Crippen molar-refractivity contribution < 1.29 is 4.79 Å². The maximum absolute atomic E-state index is 13.7. The Morgan fingerprint density at radius 2 is 1.41 bits per heavy atom. The number of hydrogen-bond donors (Lipinski definition) is 2. The van der Waals surface area contributed by atoms with Crippen LogP contribution in [0.15, 0.2) is 71.7 Å². The molecule has 0 aromatic heterocycles. The maximum Gasteiger partial charge on any atom is 0.254 e. The number of rotatable bonds is 7. The summed E-state index contributed by atoms with van der Waals surface area (Å²) in [5.74, 6) is 0.109. The molecule has 0 aliphatic heterocycles. The van der Waals surface area contributed by atoms with E-state index < -0.39 is 0 Å². The van der Waals surface area contributed by atoms with Crippen LogP contribution in [0.4, 0.5) is 0 Å². The van der Waals surface area contributed by atoms with Gasteiger partial charge in [0, 0.05) is 18.7 Å². The van der Waals surface area contributed by atoms with Crippen molar-refractivity contribution in [3.8, 4) is 0 Å². The van der Waals surface area contributed by atoms with Gasteiger partial charge in [-0.25, -0.2) is 4.99 Å². The van der Waals surface area contributed by atoms with Crippen LogP contribution in [0.25, 0.3) is 0 Å². The van der Waals surface area contributed by atoms with Crippen LogP contribution in [0.1, 0.15) is 84.3 Å². The number of benzene rings is 3. The minimum absolute atomic E-state index is 0.0295. The smallest absolute Gasteiger partial charge is 0.254 e. The summed E-state index contributed by atoms with van der Waals surface area (Å²) in [5.41, 5.74) is 19.3. The highest BCUT2D eigenvalue weighted by molar-refractivity contribution is 5.94. The van der Waals surface area contributed by atoms with Gasteiger partial charge in [0.25, 0.3) is 5.91 Å². The minimum atomic E-state index is 0.0295. The molecule has 1 aliphatic rings. The molecule has 1 aliphatic carbocycles. The zero-order chi connectivity index (χ0) is 26.8. The van der Waals surface area contributed by atoms with E-state index in [1.165, 1.54) is 28.7 Å². The Labute approximate surface area is 221 Å². The molecule has 3 aromatic carbocycles. The van der Waals surface area contributed by atoms with E-state index in [9.17, 15) is 4.79 Å².